The number of carbonyl (C=O) groups excluding carboxylic acids is 1. The number of H-pyrrole nitrogens is 1. The molecular weight excluding hydrogens is 372 g/mol. The Balaban J connectivity index is 1.88. The van der Waals surface area contributed by atoms with Crippen LogP contribution in [0.15, 0.2) is 24.4 Å². The molecule has 0 saturated carbocycles. The Morgan fingerprint density at radius 2 is 2.14 bits per heavy atom. The van der Waals surface area contributed by atoms with Crippen LogP contribution in [0.1, 0.15) is 29.4 Å². The van der Waals surface area contributed by atoms with Gasteiger partial charge >= 0.3 is 0 Å². The van der Waals surface area contributed by atoms with Gasteiger partial charge in [0.25, 0.3) is 0 Å². The number of nitrogens with zero attached hydrogens (tertiary/aromatic N) is 4. The van der Waals surface area contributed by atoms with Crippen molar-refractivity contribution >= 4 is 27.8 Å². The lowest BCUT2D eigenvalue weighted by Gasteiger charge is -2.08. The number of ether oxygens (including phenoxy) is 1. The van der Waals surface area contributed by atoms with E-state index in [1.54, 1.807) is 18.3 Å². The molecule has 3 heterocycles. The minimum atomic E-state index is -0.548. The fourth-order valence-electron chi connectivity index (χ4n) is 3.34. The van der Waals surface area contributed by atoms with Gasteiger partial charge in [-0.1, -0.05) is 0 Å². The van der Waals surface area contributed by atoms with Crippen molar-refractivity contribution in [3.8, 4) is 17.3 Å². The van der Waals surface area contributed by atoms with Crippen LogP contribution >= 0.6 is 0 Å². The van der Waals surface area contributed by atoms with E-state index in [-0.39, 0.29) is 6.61 Å². The van der Waals surface area contributed by atoms with E-state index in [4.69, 9.17) is 15.6 Å². The van der Waals surface area contributed by atoms with Gasteiger partial charge in [-0.05, 0) is 32.0 Å². The number of rotatable bonds is 7. The summed E-state index contributed by atoms with van der Waals surface area (Å²) in [5.41, 5.74) is 8.88. The molecule has 29 heavy (non-hydrogen) atoms. The Morgan fingerprint density at radius 3 is 2.86 bits per heavy atom. The Labute approximate surface area is 166 Å². The van der Waals surface area contributed by atoms with E-state index in [1.165, 1.54) is 0 Å². The molecule has 9 nitrogen and oxygen atoms in total. The second-order valence-corrected chi connectivity index (χ2v) is 6.75. The number of nitrogens with two attached hydrogens (primary N) is 1. The lowest BCUT2D eigenvalue weighted by molar-refractivity contribution is 0.1000. The lowest BCUT2D eigenvalue weighted by atomic mass is 10.1. The number of nitrogens with one attached hydrogen (secondary N) is 1. The molecule has 0 bridgehead atoms. The van der Waals surface area contributed by atoms with Crippen molar-refractivity contribution in [1.82, 2.24) is 24.7 Å². The van der Waals surface area contributed by atoms with Crippen molar-refractivity contribution in [2.45, 2.75) is 26.8 Å². The van der Waals surface area contributed by atoms with Crippen molar-refractivity contribution in [1.29, 1.82) is 0 Å². The fraction of sp³-hybridized carbons (Fsp3) is 0.300. The van der Waals surface area contributed by atoms with Gasteiger partial charge in [-0.2, -0.15) is 5.10 Å². The van der Waals surface area contributed by atoms with Crippen molar-refractivity contribution in [2.24, 2.45) is 5.73 Å². The molecule has 0 fully saturated rings. The zero-order valence-electron chi connectivity index (χ0n) is 16.3. The summed E-state index contributed by atoms with van der Waals surface area (Å²) in [6.07, 6.45) is 2.20. The summed E-state index contributed by atoms with van der Waals surface area (Å²) in [7, 11) is 0. The summed E-state index contributed by atoms with van der Waals surface area (Å²) >= 11 is 0. The molecule has 4 rings (SSSR count). The van der Waals surface area contributed by atoms with Crippen LogP contribution in [-0.2, 0) is 6.54 Å². The quantitative estimate of drug-likeness (QED) is 0.412. The van der Waals surface area contributed by atoms with Crippen molar-refractivity contribution < 1.29 is 14.6 Å². The minimum Gasteiger partial charge on any atom is -0.491 e. The maximum absolute atomic E-state index is 11.8. The van der Waals surface area contributed by atoms with E-state index in [2.05, 4.69) is 20.1 Å². The summed E-state index contributed by atoms with van der Waals surface area (Å²) < 4.78 is 7.63. The smallest absolute Gasteiger partial charge is 0.248 e. The Hall–Kier alpha value is -3.46. The normalized spacial score (nSPS) is 11.4. The van der Waals surface area contributed by atoms with Gasteiger partial charge in [0.2, 0.25) is 5.91 Å². The fourth-order valence-corrected chi connectivity index (χ4v) is 3.34. The molecular formula is C20H22N6O3. The number of aromatic amines is 1. The maximum Gasteiger partial charge on any atom is 0.248 e. The van der Waals surface area contributed by atoms with Gasteiger partial charge in [-0.25, -0.2) is 9.97 Å². The number of fused-ring (bicyclic) bond motifs is 3. The lowest BCUT2D eigenvalue weighted by Crippen LogP contribution is -2.11. The highest BCUT2D eigenvalue weighted by Gasteiger charge is 2.17. The van der Waals surface area contributed by atoms with E-state index >= 15 is 0 Å². The van der Waals surface area contributed by atoms with Crippen LogP contribution in [0.3, 0.4) is 0 Å². The number of aryl methyl sites for hydroxylation is 2. The molecule has 0 saturated heterocycles. The van der Waals surface area contributed by atoms with Gasteiger partial charge in [0, 0.05) is 42.1 Å². The summed E-state index contributed by atoms with van der Waals surface area (Å²) in [4.78, 5) is 24.2. The summed E-state index contributed by atoms with van der Waals surface area (Å²) in [6, 6.07) is 5.25. The number of amides is 1. The van der Waals surface area contributed by atoms with E-state index < -0.39 is 5.91 Å². The van der Waals surface area contributed by atoms with Gasteiger partial charge in [0.05, 0.1) is 17.8 Å². The number of aliphatic hydroxyl groups excluding tert-OH is 1. The molecule has 9 heteroatoms. The number of benzene rings is 1. The van der Waals surface area contributed by atoms with Crippen LogP contribution in [0.2, 0.25) is 0 Å². The zero-order chi connectivity index (χ0) is 20.5. The second kappa shape index (κ2) is 7.51. The Kier molecular flexibility index (Phi) is 4.89. The van der Waals surface area contributed by atoms with Gasteiger partial charge in [-0.15, -0.1) is 0 Å². The van der Waals surface area contributed by atoms with Gasteiger partial charge in [-0.3, -0.25) is 9.48 Å². The molecule has 1 aromatic carbocycles. The Bertz CT molecular complexity index is 1210. The second-order valence-electron chi connectivity index (χ2n) is 6.75. The highest BCUT2D eigenvalue weighted by molar-refractivity contribution is 6.11. The highest BCUT2D eigenvalue weighted by atomic mass is 16.5. The molecule has 0 aliphatic rings. The minimum absolute atomic E-state index is 0.0186. The molecule has 3 aromatic heterocycles. The summed E-state index contributed by atoms with van der Waals surface area (Å²) in [5, 5.41) is 15.0. The van der Waals surface area contributed by atoms with Crippen LogP contribution in [0, 0.1) is 6.92 Å². The monoisotopic (exact) mass is 394 g/mol. The first kappa shape index (κ1) is 18.9. The number of primary amides is 1. The summed E-state index contributed by atoms with van der Waals surface area (Å²) in [6.45, 7) is 4.99. The van der Waals surface area contributed by atoms with Crippen LogP contribution in [0.25, 0.3) is 33.5 Å². The molecule has 0 spiro atoms. The molecule has 150 valence electrons. The molecule has 4 aromatic rings. The third-order valence-electron chi connectivity index (χ3n) is 4.70. The van der Waals surface area contributed by atoms with E-state index in [1.807, 2.05) is 24.6 Å². The number of aliphatic hydroxyl groups is 1. The molecule has 1 amide bonds. The Morgan fingerprint density at radius 1 is 1.31 bits per heavy atom. The third kappa shape index (κ3) is 3.40. The predicted molar refractivity (Wildman–Crippen MR) is 109 cm³/mol. The van der Waals surface area contributed by atoms with E-state index in [0.29, 0.717) is 47.9 Å². The van der Waals surface area contributed by atoms with Gasteiger partial charge in [0.1, 0.15) is 17.1 Å². The van der Waals surface area contributed by atoms with Crippen LogP contribution < -0.4 is 10.5 Å². The van der Waals surface area contributed by atoms with Crippen LogP contribution in [-0.4, -0.2) is 49.0 Å². The third-order valence-corrected chi connectivity index (χ3v) is 4.70. The van der Waals surface area contributed by atoms with Crippen molar-refractivity contribution in [2.75, 3.05) is 13.2 Å². The van der Waals surface area contributed by atoms with Crippen LogP contribution in [0.5, 0.6) is 5.75 Å². The predicted octanol–water partition coefficient (Wildman–Crippen LogP) is 2.16. The average molecular weight is 394 g/mol. The molecule has 0 atom stereocenters. The largest absolute Gasteiger partial charge is 0.491 e. The summed E-state index contributed by atoms with van der Waals surface area (Å²) in [5.74, 6) is 0.497. The number of carbonyl (C=O) groups is 1. The van der Waals surface area contributed by atoms with Crippen molar-refractivity contribution in [3.05, 3.63) is 35.7 Å². The zero-order valence-corrected chi connectivity index (χ0v) is 16.3. The molecule has 0 unspecified atom stereocenters. The standard InChI is InChI=1S/C20H22N6O3/c1-3-26-15(7-11(2)25-26)20-22-10-14-13-8-12(18(21)28)9-16(29-6-4-5-27)17(13)23-19(14)24-20/h7-10,27H,3-6H2,1-2H3,(H2,21,28)(H,22,23,24). The first-order valence-electron chi connectivity index (χ1n) is 9.42. The van der Waals surface area contributed by atoms with Crippen LogP contribution in [0.4, 0.5) is 0 Å². The molecule has 0 aliphatic heterocycles. The maximum atomic E-state index is 11.8. The first-order valence-corrected chi connectivity index (χ1v) is 9.42. The van der Waals surface area contributed by atoms with Gasteiger partial charge < -0.3 is 20.6 Å². The molecule has 0 aliphatic carbocycles. The van der Waals surface area contributed by atoms with Gasteiger partial charge in [0.15, 0.2) is 5.82 Å². The SMILES string of the molecule is CCn1nc(C)cc1-c1ncc2c(n1)[nH]c1c(OCCCO)cc(C(N)=O)cc12. The first-order chi connectivity index (χ1) is 14.0. The average Bonchev–Trinajstić information content (AvgIpc) is 3.27. The highest BCUT2D eigenvalue weighted by Crippen LogP contribution is 2.33. The topological polar surface area (TPSA) is 132 Å². The molecule has 4 N–H and O–H groups in total. The number of aromatic nitrogens is 5. The van der Waals surface area contributed by atoms with E-state index in [9.17, 15) is 4.79 Å². The number of hydrogen-bond donors (Lipinski definition) is 3. The number of hydrogen-bond acceptors (Lipinski definition) is 6. The van der Waals surface area contributed by atoms with E-state index in [0.717, 1.165) is 22.2 Å². The van der Waals surface area contributed by atoms with Crippen molar-refractivity contribution in [3.63, 3.8) is 0 Å². The molecule has 0 radical (unpaired) electrons.